The van der Waals surface area contributed by atoms with E-state index >= 15 is 0 Å². The van der Waals surface area contributed by atoms with Crippen LogP contribution >= 0.6 is 0 Å². The number of aromatic hydroxyl groups is 1. The number of nitrogens with zero attached hydrogens (tertiary/aromatic N) is 2. The fraction of sp³-hybridized carbons (Fsp3) is 0.0588. The topological polar surface area (TPSA) is 58.0 Å². The highest BCUT2D eigenvalue weighted by Gasteiger charge is 2.30. The Balaban J connectivity index is 1.86. The first-order valence-corrected chi connectivity index (χ1v) is 6.97. The molecule has 0 saturated carbocycles. The molecule has 0 bridgehead atoms. The van der Waals surface area contributed by atoms with Gasteiger partial charge in [0.15, 0.2) is 0 Å². The molecule has 0 unspecified atom stereocenters. The second-order valence-corrected chi connectivity index (χ2v) is 5.04. The van der Waals surface area contributed by atoms with Gasteiger partial charge >= 0.3 is 6.18 Å². The van der Waals surface area contributed by atoms with E-state index in [1.165, 1.54) is 36.7 Å². The van der Waals surface area contributed by atoms with Gasteiger partial charge in [-0.15, -0.1) is 0 Å². The number of alkyl halides is 3. The summed E-state index contributed by atoms with van der Waals surface area (Å²) >= 11 is 0. The zero-order valence-corrected chi connectivity index (χ0v) is 12.2. The normalized spacial score (nSPS) is 11.3. The first-order chi connectivity index (χ1) is 11.4. The quantitative estimate of drug-likeness (QED) is 0.736. The summed E-state index contributed by atoms with van der Waals surface area (Å²) in [5.74, 6) is 0.449. The summed E-state index contributed by atoms with van der Waals surface area (Å²) in [4.78, 5) is 8.36. The Labute approximate surface area is 135 Å². The van der Waals surface area contributed by atoms with Gasteiger partial charge in [0.1, 0.15) is 11.6 Å². The van der Waals surface area contributed by atoms with Gasteiger partial charge in [-0.3, -0.25) is 4.98 Å². The Bertz CT molecular complexity index is 848. The summed E-state index contributed by atoms with van der Waals surface area (Å²) in [5, 5.41) is 12.1. The molecular weight excluding hydrogens is 319 g/mol. The molecule has 7 heteroatoms. The van der Waals surface area contributed by atoms with Crippen molar-refractivity contribution in [3.8, 4) is 17.0 Å². The summed E-state index contributed by atoms with van der Waals surface area (Å²) in [7, 11) is 0. The first-order valence-electron chi connectivity index (χ1n) is 6.97. The van der Waals surface area contributed by atoms with Gasteiger partial charge in [0.25, 0.3) is 0 Å². The van der Waals surface area contributed by atoms with E-state index in [4.69, 9.17) is 0 Å². The monoisotopic (exact) mass is 331 g/mol. The van der Waals surface area contributed by atoms with Crippen molar-refractivity contribution in [2.45, 2.75) is 6.18 Å². The van der Waals surface area contributed by atoms with Crippen molar-refractivity contribution in [3.63, 3.8) is 0 Å². The number of halogens is 3. The molecular formula is C17H12F3N3O. The van der Waals surface area contributed by atoms with Crippen molar-refractivity contribution in [1.82, 2.24) is 9.97 Å². The molecule has 1 heterocycles. The van der Waals surface area contributed by atoms with Crippen LogP contribution in [0.2, 0.25) is 0 Å². The molecule has 24 heavy (non-hydrogen) atoms. The SMILES string of the molecule is Oc1ccc(-c2cncc(Nc3cccc(C(F)(F)F)c3)n2)cc1. The van der Waals surface area contributed by atoms with Crippen molar-refractivity contribution in [3.05, 3.63) is 66.5 Å². The fourth-order valence-corrected chi connectivity index (χ4v) is 2.12. The lowest BCUT2D eigenvalue weighted by Gasteiger charge is -2.10. The van der Waals surface area contributed by atoms with Gasteiger partial charge in [-0.1, -0.05) is 6.07 Å². The maximum Gasteiger partial charge on any atom is 0.416 e. The van der Waals surface area contributed by atoms with Crippen molar-refractivity contribution in [2.24, 2.45) is 0 Å². The molecule has 1 aromatic heterocycles. The van der Waals surface area contributed by atoms with E-state index in [9.17, 15) is 18.3 Å². The molecule has 2 N–H and O–H groups in total. The summed E-state index contributed by atoms with van der Waals surface area (Å²) in [6, 6.07) is 11.2. The Hall–Kier alpha value is -3.09. The zero-order chi connectivity index (χ0) is 17.2. The van der Waals surface area contributed by atoms with E-state index < -0.39 is 11.7 Å². The van der Waals surface area contributed by atoms with Gasteiger partial charge in [0.2, 0.25) is 0 Å². The van der Waals surface area contributed by atoms with Gasteiger partial charge in [-0.2, -0.15) is 13.2 Å². The van der Waals surface area contributed by atoms with Gasteiger partial charge in [0.05, 0.1) is 23.7 Å². The Morgan fingerprint density at radius 2 is 1.71 bits per heavy atom. The van der Waals surface area contributed by atoms with E-state index in [-0.39, 0.29) is 11.4 Å². The number of anilines is 2. The van der Waals surface area contributed by atoms with Gasteiger partial charge in [-0.05, 0) is 42.5 Å². The van der Waals surface area contributed by atoms with Crippen LogP contribution in [0.4, 0.5) is 24.7 Å². The molecule has 122 valence electrons. The summed E-state index contributed by atoms with van der Waals surface area (Å²) in [5.41, 5.74) is 0.789. The average molecular weight is 331 g/mol. The Morgan fingerprint density at radius 3 is 2.42 bits per heavy atom. The summed E-state index contributed by atoms with van der Waals surface area (Å²) < 4.78 is 38.2. The molecule has 2 aromatic carbocycles. The average Bonchev–Trinajstić information content (AvgIpc) is 2.55. The molecule has 0 aliphatic rings. The molecule has 0 atom stereocenters. The second-order valence-electron chi connectivity index (χ2n) is 5.04. The molecule has 0 spiro atoms. The van der Waals surface area contributed by atoms with Crippen LogP contribution in [0.25, 0.3) is 11.3 Å². The van der Waals surface area contributed by atoms with E-state index in [1.54, 1.807) is 12.1 Å². The third-order valence-corrected chi connectivity index (χ3v) is 3.26. The van der Waals surface area contributed by atoms with Crippen molar-refractivity contribution < 1.29 is 18.3 Å². The number of nitrogens with one attached hydrogen (secondary N) is 1. The highest BCUT2D eigenvalue weighted by atomic mass is 19.4. The molecule has 0 saturated heterocycles. The van der Waals surface area contributed by atoms with Crippen LogP contribution in [0.5, 0.6) is 5.75 Å². The molecule has 3 rings (SSSR count). The zero-order valence-electron chi connectivity index (χ0n) is 12.2. The van der Waals surface area contributed by atoms with Crippen molar-refractivity contribution in [1.29, 1.82) is 0 Å². The standard InChI is InChI=1S/C17H12F3N3O/c18-17(19,20)12-2-1-3-13(8-12)22-16-10-21-9-15(23-16)11-4-6-14(24)7-5-11/h1-10,24H,(H,22,23). The van der Waals surface area contributed by atoms with E-state index in [0.29, 0.717) is 11.5 Å². The van der Waals surface area contributed by atoms with Gasteiger partial charge < -0.3 is 10.4 Å². The Kier molecular flexibility index (Phi) is 4.07. The minimum absolute atomic E-state index is 0.130. The fourth-order valence-electron chi connectivity index (χ4n) is 2.12. The number of hydrogen-bond acceptors (Lipinski definition) is 4. The Morgan fingerprint density at radius 1 is 0.958 bits per heavy atom. The van der Waals surface area contributed by atoms with Crippen molar-refractivity contribution >= 4 is 11.5 Å². The lowest BCUT2D eigenvalue weighted by molar-refractivity contribution is -0.137. The predicted octanol–water partition coefficient (Wildman–Crippen LogP) is 4.61. The number of phenolic OH excluding ortho intramolecular Hbond substituents is 1. The molecule has 0 fully saturated rings. The maximum absolute atomic E-state index is 12.7. The molecule has 3 aromatic rings. The van der Waals surface area contributed by atoms with E-state index in [2.05, 4.69) is 15.3 Å². The van der Waals surface area contributed by atoms with E-state index in [1.807, 2.05) is 0 Å². The van der Waals surface area contributed by atoms with E-state index in [0.717, 1.165) is 17.7 Å². The number of aromatic nitrogens is 2. The van der Waals surface area contributed by atoms with Crippen LogP contribution in [-0.2, 0) is 6.18 Å². The van der Waals surface area contributed by atoms with Crippen LogP contribution in [0.3, 0.4) is 0 Å². The lowest BCUT2D eigenvalue weighted by Crippen LogP contribution is -2.05. The molecule has 0 aliphatic heterocycles. The van der Waals surface area contributed by atoms with Gasteiger partial charge in [0, 0.05) is 11.3 Å². The minimum Gasteiger partial charge on any atom is -0.508 e. The molecule has 0 radical (unpaired) electrons. The summed E-state index contributed by atoms with van der Waals surface area (Å²) in [6.07, 6.45) is -1.45. The first kappa shape index (κ1) is 15.8. The molecule has 0 aliphatic carbocycles. The lowest BCUT2D eigenvalue weighted by atomic mass is 10.1. The largest absolute Gasteiger partial charge is 0.508 e. The second kappa shape index (κ2) is 6.19. The molecule has 4 nitrogen and oxygen atoms in total. The highest BCUT2D eigenvalue weighted by molar-refractivity contribution is 5.63. The third kappa shape index (κ3) is 3.62. The van der Waals surface area contributed by atoms with Crippen molar-refractivity contribution in [2.75, 3.05) is 5.32 Å². The smallest absolute Gasteiger partial charge is 0.416 e. The van der Waals surface area contributed by atoms with Crippen LogP contribution in [0, 0.1) is 0 Å². The molecule has 0 amide bonds. The van der Waals surface area contributed by atoms with Crippen LogP contribution in [-0.4, -0.2) is 15.1 Å². The number of benzene rings is 2. The van der Waals surface area contributed by atoms with Crippen LogP contribution in [0.1, 0.15) is 5.56 Å². The van der Waals surface area contributed by atoms with Crippen LogP contribution in [0.15, 0.2) is 60.9 Å². The number of phenols is 1. The van der Waals surface area contributed by atoms with Gasteiger partial charge in [-0.25, -0.2) is 4.98 Å². The maximum atomic E-state index is 12.7. The predicted molar refractivity (Wildman–Crippen MR) is 83.9 cm³/mol. The number of hydrogen-bond donors (Lipinski definition) is 2. The van der Waals surface area contributed by atoms with Crippen LogP contribution < -0.4 is 5.32 Å². The minimum atomic E-state index is -4.41. The third-order valence-electron chi connectivity index (χ3n) is 3.26. The number of rotatable bonds is 3. The summed E-state index contributed by atoms with van der Waals surface area (Å²) in [6.45, 7) is 0. The highest BCUT2D eigenvalue weighted by Crippen LogP contribution is 2.31.